The second-order valence-corrected chi connectivity index (χ2v) is 12.7. The molecule has 0 bridgehead atoms. The minimum atomic E-state index is -0.801. The molecule has 3 heterocycles. The van der Waals surface area contributed by atoms with Crippen molar-refractivity contribution in [2.45, 2.75) is 50.9 Å². The second kappa shape index (κ2) is 14.9. The highest BCUT2D eigenvalue weighted by Gasteiger charge is 2.34. The summed E-state index contributed by atoms with van der Waals surface area (Å²) in [7, 11) is 1.61. The third-order valence-corrected chi connectivity index (χ3v) is 9.61. The number of carbonyl (C=O) groups excluding carboxylic acids is 1. The van der Waals surface area contributed by atoms with Gasteiger partial charge in [0.1, 0.15) is 5.75 Å². The van der Waals surface area contributed by atoms with Gasteiger partial charge in [-0.05, 0) is 43.5 Å². The molecule has 1 aliphatic carbocycles. The van der Waals surface area contributed by atoms with E-state index in [0.717, 1.165) is 17.5 Å². The molecule has 2 aromatic carbocycles. The number of methoxy groups -OCH3 is 1. The number of nitrogens with one attached hydrogen (secondary N) is 4. The lowest BCUT2D eigenvalue weighted by Gasteiger charge is -2.33. The maximum atomic E-state index is 15.5. The van der Waals surface area contributed by atoms with Crippen LogP contribution < -0.4 is 26.0 Å². The van der Waals surface area contributed by atoms with Gasteiger partial charge in [0.2, 0.25) is 5.91 Å². The third kappa shape index (κ3) is 7.39. The van der Waals surface area contributed by atoms with Crippen molar-refractivity contribution in [1.29, 1.82) is 0 Å². The number of nitrogens with zero attached hydrogens (tertiary/aromatic N) is 2. The summed E-state index contributed by atoms with van der Waals surface area (Å²) < 4.78 is 21.2. The molecule has 0 radical (unpaired) electrons. The van der Waals surface area contributed by atoms with Gasteiger partial charge < -0.3 is 31.1 Å². The number of carboxylic acids is 1. The number of hydrogen-bond donors (Lipinski definition) is 5. The molecule has 5 N–H and O–H groups in total. The smallest absolute Gasteiger partial charge is 0.306 e. The fourth-order valence-electron chi connectivity index (χ4n) is 6.01. The number of amides is 1. The van der Waals surface area contributed by atoms with Crippen molar-refractivity contribution < 1.29 is 23.8 Å². The number of carbonyl (C=O) groups is 2. The van der Waals surface area contributed by atoms with Gasteiger partial charge in [-0.3, -0.25) is 14.6 Å². The molecule has 13 heteroatoms. The molecule has 1 amide bonds. The predicted molar refractivity (Wildman–Crippen MR) is 183 cm³/mol. The average molecular weight is 694 g/mol. The standard InChI is InChI=1S/C35H35Cl2FN6O4/c1-48-28-15-19(5-6-20(28)16-39-18-23-7-8-29(45)43-23)33-31(37)26(10-12-40-33)25-3-2-4-27(30(25)36)44-34-32(38)21(9-11-41-34)17-42-24-13-22(14-24)35(46)47/h2-6,9-12,15,22-24,39,42H,7-8,13-14,16-18H2,1H3,(H,41,44)(H,43,45)(H,46,47)/t22?,23-,24?/m1/s1. The summed E-state index contributed by atoms with van der Waals surface area (Å²) in [5.41, 5.74) is 4.37. The first-order valence-electron chi connectivity index (χ1n) is 15.7. The van der Waals surface area contributed by atoms with Gasteiger partial charge in [-0.2, -0.15) is 0 Å². The molecule has 2 aromatic heterocycles. The van der Waals surface area contributed by atoms with Crippen LogP contribution in [0.4, 0.5) is 15.9 Å². The maximum Gasteiger partial charge on any atom is 0.306 e. The summed E-state index contributed by atoms with van der Waals surface area (Å²) in [5, 5.41) is 22.4. The zero-order chi connectivity index (χ0) is 33.8. The number of anilines is 2. The topological polar surface area (TPSA) is 138 Å². The summed E-state index contributed by atoms with van der Waals surface area (Å²) in [4.78, 5) is 31.3. The van der Waals surface area contributed by atoms with E-state index in [9.17, 15) is 9.59 Å². The van der Waals surface area contributed by atoms with E-state index in [-0.39, 0.29) is 36.3 Å². The lowest BCUT2D eigenvalue weighted by molar-refractivity contribution is -0.145. The molecule has 48 heavy (non-hydrogen) atoms. The summed E-state index contributed by atoms with van der Waals surface area (Å²) >= 11 is 13.9. The zero-order valence-electron chi connectivity index (χ0n) is 26.2. The minimum Gasteiger partial charge on any atom is -0.496 e. The third-order valence-electron chi connectivity index (χ3n) is 8.82. The number of pyridine rings is 2. The van der Waals surface area contributed by atoms with E-state index in [1.54, 1.807) is 37.6 Å². The number of aromatic nitrogens is 2. The van der Waals surface area contributed by atoms with Crippen molar-refractivity contribution in [2.24, 2.45) is 5.92 Å². The summed E-state index contributed by atoms with van der Waals surface area (Å²) in [6.45, 7) is 1.48. The summed E-state index contributed by atoms with van der Waals surface area (Å²) in [5.74, 6) is -0.901. The van der Waals surface area contributed by atoms with Gasteiger partial charge in [0.05, 0.1) is 34.5 Å². The Labute approximate surface area is 287 Å². The number of ether oxygens (including phenoxy) is 1. The Kier molecular flexibility index (Phi) is 10.4. The zero-order valence-corrected chi connectivity index (χ0v) is 27.7. The van der Waals surface area contributed by atoms with Gasteiger partial charge in [-0.1, -0.05) is 47.5 Å². The van der Waals surface area contributed by atoms with Crippen LogP contribution in [-0.2, 0) is 22.7 Å². The monoisotopic (exact) mass is 692 g/mol. The van der Waals surface area contributed by atoms with Crippen LogP contribution in [0.25, 0.3) is 22.4 Å². The highest BCUT2D eigenvalue weighted by Crippen LogP contribution is 2.42. The summed E-state index contributed by atoms with van der Waals surface area (Å²) in [6, 6.07) is 14.6. The number of rotatable bonds is 13. The molecule has 0 spiro atoms. The SMILES string of the molecule is COc1cc(-c2nccc(-c3cccc(Nc4nccc(CNC5CC(C(=O)O)C5)c4F)c3Cl)c2Cl)ccc1CNC[C@H]1CCC(=O)N1. The molecule has 1 saturated carbocycles. The predicted octanol–water partition coefficient (Wildman–Crippen LogP) is 6.33. The molecule has 1 aliphatic heterocycles. The second-order valence-electron chi connectivity index (χ2n) is 12.0. The van der Waals surface area contributed by atoms with Crippen molar-refractivity contribution in [3.05, 3.63) is 87.9 Å². The van der Waals surface area contributed by atoms with E-state index in [1.807, 2.05) is 24.3 Å². The normalized spacial score (nSPS) is 18.7. The van der Waals surface area contributed by atoms with E-state index in [1.165, 1.54) is 6.20 Å². The number of carboxylic acid groups (broad SMARTS) is 1. The van der Waals surface area contributed by atoms with Crippen LogP contribution >= 0.6 is 23.2 Å². The van der Waals surface area contributed by atoms with Gasteiger partial charge in [-0.25, -0.2) is 9.37 Å². The molecule has 4 aromatic rings. The summed E-state index contributed by atoms with van der Waals surface area (Å²) in [6.07, 6.45) is 5.60. The van der Waals surface area contributed by atoms with Crippen LogP contribution in [0.15, 0.2) is 60.9 Å². The highest BCUT2D eigenvalue weighted by molar-refractivity contribution is 6.39. The Morgan fingerprint density at radius 3 is 2.58 bits per heavy atom. The fourth-order valence-corrected chi connectivity index (χ4v) is 6.61. The van der Waals surface area contributed by atoms with E-state index in [4.69, 9.17) is 33.0 Å². The number of hydrogen-bond acceptors (Lipinski definition) is 8. The van der Waals surface area contributed by atoms with Gasteiger partial charge in [-0.15, -0.1) is 0 Å². The van der Waals surface area contributed by atoms with Gasteiger partial charge in [0.25, 0.3) is 0 Å². The Morgan fingerprint density at radius 2 is 1.83 bits per heavy atom. The first-order valence-corrected chi connectivity index (χ1v) is 16.4. The Morgan fingerprint density at radius 1 is 1.04 bits per heavy atom. The Bertz CT molecular complexity index is 1840. The molecule has 1 atom stereocenters. The van der Waals surface area contributed by atoms with E-state index in [0.29, 0.717) is 76.2 Å². The first kappa shape index (κ1) is 33.6. The molecule has 0 unspecified atom stereocenters. The van der Waals surface area contributed by atoms with Gasteiger partial charge in [0, 0.05) is 78.3 Å². The van der Waals surface area contributed by atoms with Crippen LogP contribution in [0.5, 0.6) is 5.75 Å². The Balaban J connectivity index is 1.17. The Hall–Kier alpha value is -4.29. The molecule has 10 nitrogen and oxygen atoms in total. The van der Waals surface area contributed by atoms with Crippen LogP contribution in [0.1, 0.15) is 36.8 Å². The van der Waals surface area contributed by atoms with E-state index < -0.39 is 11.8 Å². The van der Waals surface area contributed by atoms with Crippen molar-refractivity contribution >= 4 is 46.6 Å². The molecular formula is C35H35Cl2FN6O4. The van der Waals surface area contributed by atoms with Crippen molar-refractivity contribution in [2.75, 3.05) is 19.0 Å². The largest absolute Gasteiger partial charge is 0.496 e. The number of aliphatic carboxylic acids is 1. The number of benzene rings is 2. The highest BCUT2D eigenvalue weighted by atomic mass is 35.5. The minimum absolute atomic E-state index is 0.0153. The molecule has 2 aliphatic rings. The van der Waals surface area contributed by atoms with Crippen LogP contribution in [0.3, 0.4) is 0 Å². The van der Waals surface area contributed by atoms with Crippen molar-refractivity contribution in [3.63, 3.8) is 0 Å². The van der Waals surface area contributed by atoms with E-state index in [2.05, 4.69) is 31.2 Å². The van der Waals surface area contributed by atoms with Gasteiger partial charge in [0.15, 0.2) is 11.6 Å². The van der Waals surface area contributed by atoms with Crippen LogP contribution in [0, 0.1) is 11.7 Å². The molecule has 1 saturated heterocycles. The fraction of sp³-hybridized carbons (Fsp3) is 0.314. The molecule has 250 valence electrons. The lowest BCUT2D eigenvalue weighted by Crippen LogP contribution is -2.43. The lowest BCUT2D eigenvalue weighted by atomic mass is 9.80. The van der Waals surface area contributed by atoms with Crippen molar-refractivity contribution in [3.8, 4) is 28.1 Å². The first-order chi connectivity index (χ1) is 23.2. The maximum absolute atomic E-state index is 15.5. The average Bonchev–Trinajstić information content (AvgIpc) is 3.47. The quantitative estimate of drug-likeness (QED) is 0.109. The molecule has 2 fully saturated rings. The van der Waals surface area contributed by atoms with Crippen molar-refractivity contribution in [1.82, 2.24) is 25.9 Å². The van der Waals surface area contributed by atoms with E-state index >= 15 is 4.39 Å². The number of halogens is 3. The molecular weight excluding hydrogens is 658 g/mol. The molecule has 6 rings (SSSR count). The van der Waals surface area contributed by atoms with Crippen LogP contribution in [-0.4, -0.2) is 52.7 Å². The van der Waals surface area contributed by atoms with Crippen LogP contribution in [0.2, 0.25) is 10.0 Å². The van der Waals surface area contributed by atoms with Gasteiger partial charge >= 0.3 is 5.97 Å².